The zero-order chi connectivity index (χ0) is 9.84. The third-order valence-corrected chi connectivity index (χ3v) is 2.05. The van der Waals surface area contributed by atoms with Crippen LogP contribution in [0.5, 0.6) is 0 Å². The molecular formula is C8H10BrN3O. The molecule has 0 spiro atoms. The molecule has 1 aromatic rings. The second-order valence-electron chi connectivity index (χ2n) is 2.61. The van der Waals surface area contributed by atoms with Crippen LogP contribution in [-0.2, 0) is 4.79 Å². The lowest BCUT2D eigenvalue weighted by atomic mass is 10.3. The van der Waals surface area contributed by atoms with Crippen molar-refractivity contribution in [2.75, 3.05) is 5.32 Å². The van der Waals surface area contributed by atoms with Crippen molar-refractivity contribution in [2.45, 2.75) is 13.0 Å². The van der Waals surface area contributed by atoms with Crippen LogP contribution in [-0.4, -0.2) is 16.9 Å². The number of anilines is 1. The first-order valence-corrected chi connectivity index (χ1v) is 4.57. The fourth-order valence-electron chi connectivity index (χ4n) is 0.708. The maximum Gasteiger partial charge on any atom is 0.242 e. The Morgan fingerprint density at radius 1 is 1.77 bits per heavy atom. The van der Waals surface area contributed by atoms with Gasteiger partial charge in [-0.3, -0.25) is 4.79 Å². The predicted octanol–water partition coefficient (Wildman–Crippen LogP) is 1.13. The number of halogens is 1. The molecule has 3 N–H and O–H groups in total. The number of nitrogens with two attached hydrogens (primary N) is 1. The van der Waals surface area contributed by atoms with Crippen molar-refractivity contribution in [1.82, 2.24) is 4.98 Å². The molecule has 0 saturated carbocycles. The van der Waals surface area contributed by atoms with E-state index in [0.29, 0.717) is 5.82 Å². The van der Waals surface area contributed by atoms with Gasteiger partial charge in [0.2, 0.25) is 5.91 Å². The van der Waals surface area contributed by atoms with Crippen LogP contribution in [0.25, 0.3) is 0 Å². The average Bonchev–Trinajstić information content (AvgIpc) is 2.08. The minimum absolute atomic E-state index is 0.251. The molecule has 1 heterocycles. The molecule has 1 rings (SSSR count). The first kappa shape index (κ1) is 10.1. The Hall–Kier alpha value is -0.940. The van der Waals surface area contributed by atoms with Gasteiger partial charge >= 0.3 is 0 Å². The Bertz CT molecular complexity index is 314. The van der Waals surface area contributed by atoms with Crippen molar-refractivity contribution in [1.29, 1.82) is 0 Å². The molecule has 0 aliphatic rings. The molecule has 13 heavy (non-hydrogen) atoms. The molecule has 5 heteroatoms. The maximum absolute atomic E-state index is 11.2. The number of nitrogens with zero attached hydrogens (tertiary/aromatic N) is 1. The van der Waals surface area contributed by atoms with Gasteiger partial charge in [-0.15, -0.1) is 0 Å². The molecule has 0 radical (unpaired) electrons. The molecule has 0 fully saturated rings. The second-order valence-corrected chi connectivity index (χ2v) is 3.47. The smallest absolute Gasteiger partial charge is 0.242 e. The van der Waals surface area contributed by atoms with Crippen LogP contribution in [0.3, 0.4) is 0 Å². The van der Waals surface area contributed by atoms with Crippen LogP contribution < -0.4 is 11.1 Å². The van der Waals surface area contributed by atoms with E-state index in [1.807, 2.05) is 0 Å². The lowest BCUT2D eigenvalue weighted by Crippen LogP contribution is -2.32. The molecule has 0 aliphatic heterocycles. The van der Waals surface area contributed by atoms with E-state index in [1.165, 1.54) is 0 Å². The van der Waals surface area contributed by atoms with Crippen molar-refractivity contribution in [3.05, 3.63) is 22.8 Å². The van der Waals surface area contributed by atoms with E-state index >= 15 is 0 Å². The first-order chi connectivity index (χ1) is 6.11. The Morgan fingerprint density at radius 2 is 2.46 bits per heavy atom. The van der Waals surface area contributed by atoms with Crippen LogP contribution >= 0.6 is 15.9 Å². The lowest BCUT2D eigenvalue weighted by molar-refractivity contribution is -0.117. The maximum atomic E-state index is 11.2. The summed E-state index contributed by atoms with van der Waals surface area (Å²) in [5.74, 6) is 0.240. The molecule has 0 unspecified atom stereocenters. The third kappa shape index (κ3) is 2.78. The summed E-state index contributed by atoms with van der Waals surface area (Å²) in [7, 11) is 0. The number of rotatable bonds is 2. The van der Waals surface area contributed by atoms with Gasteiger partial charge in [-0.05, 0) is 35.0 Å². The van der Waals surface area contributed by atoms with E-state index in [0.717, 1.165) is 4.47 Å². The fourth-order valence-corrected chi connectivity index (χ4v) is 1.06. The van der Waals surface area contributed by atoms with Gasteiger partial charge in [0.25, 0.3) is 0 Å². The van der Waals surface area contributed by atoms with Gasteiger partial charge in [0.05, 0.1) is 10.5 Å². The standard InChI is InChI=1S/C8H10BrN3O/c1-5(10)8(13)12-7-6(9)3-2-4-11-7/h2-5H,10H2,1H3,(H,11,12,13)/t5-/m0/s1. The van der Waals surface area contributed by atoms with E-state index < -0.39 is 6.04 Å². The van der Waals surface area contributed by atoms with Crippen molar-refractivity contribution >= 4 is 27.7 Å². The van der Waals surface area contributed by atoms with Crippen LogP contribution in [0.1, 0.15) is 6.92 Å². The molecular weight excluding hydrogens is 234 g/mol. The van der Waals surface area contributed by atoms with E-state index in [9.17, 15) is 4.79 Å². The van der Waals surface area contributed by atoms with Crippen LogP contribution in [0.2, 0.25) is 0 Å². The number of hydrogen-bond acceptors (Lipinski definition) is 3. The number of pyridine rings is 1. The van der Waals surface area contributed by atoms with E-state index in [4.69, 9.17) is 5.73 Å². The van der Waals surface area contributed by atoms with E-state index in [-0.39, 0.29) is 5.91 Å². The zero-order valence-corrected chi connectivity index (χ0v) is 8.71. The monoisotopic (exact) mass is 243 g/mol. The second kappa shape index (κ2) is 4.34. The number of nitrogens with one attached hydrogen (secondary N) is 1. The molecule has 1 aromatic heterocycles. The van der Waals surface area contributed by atoms with Gasteiger partial charge in [-0.25, -0.2) is 4.98 Å². The number of carbonyl (C=O) groups is 1. The average molecular weight is 244 g/mol. The molecule has 4 nitrogen and oxygen atoms in total. The van der Waals surface area contributed by atoms with E-state index in [1.54, 1.807) is 25.3 Å². The SMILES string of the molecule is C[C@H](N)C(=O)Nc1ncccc1Br. The van der Waals surface area contributed by atoms with Crippen molar-refractivity contribution < 1.29 is 4.79 Å². The molecule has 1 atom stereocenters. The topological polar surface area (TPSA) is 68.0 Å². The Balaban J connectivity index is 2.75. The summed E-state index contributed by atoms with van der Waals surface area (Å²) in [4.78, 5) is 15.1. The molecule has 0 bridgehead atoms. The van der Waals surface area contributed by atoms with Crippen molar-refractivity contribution in [3.8, 4) is 0 Å². The van der Waals surface area contributed by atoms with Gasteiger partial charge in [0, 0.05) is 6.20 Å². The summed E-state index contributed by atoms with van der Waals surface area (Å²) < 4.78 is 0.740. The van der Waals surface area contributed by atoms with Crippen LogP contribution in [0.4, 0.5) is 5.82 Å². The van der Waals surface area contributed by atoms with Crippen LogP contribution in [0, 0.1) is 0 Å². The Morgan fingerprint density at radius 3 is 3.00 bits per heavy atom. The number of carbonyl (C=O) groups excluding carboxylic acids is 1. The predicted molar refractivity (Wildman–Crippen MR) is 54.2 cm³/mol. The minimum Gasteiger partial charge on any atom is -0.320 e. The number of aromatic nitrogens is 1. The third-order valence-electron chi connectivity index (χ3n) is 1.41. The largest absolute Gasteiger partial charge is 0.320 e. The molecule has 0 aliphatic carbocycles. The van der Waals surface area contributed by atoms with E-state index in [2.05, 4.69) is 26.2 Å². The summed E-state index contributed by atoms with van der Waals surface area (Å²) in [5.41, 5.74) is 5.38. The quantitative estimate of drug-likeness (QED) is 0.819. The Labute approximate surface area is 84.7 Å². The molecule has 0 saturated heterocycles. The summed E-state index contributed by atoms with van der Waals surface area (Å²) in [6.07, 6.45) is 1.60. The molecule has 70 valence electrons. The minimum atomic E-state index is -0.533. The summed E-state index contributed by atoms with van der Waals surface area (Å²) >= 11 is 3.26. The Kier molecular flexibility index (Phi) is 3.39. The van der Waals surface area contributed by atoms with Crippen molar-refractivity contribution in [2.24, 2.45) is 5.73 Å². The highest BCUT2D eigenvalue weighted by Gasteiger charge is 2.09. The normalized spacial score (nSPS) is 12.2. The van der Waals surface area contributed by atoms with Gasteiger partial charge in [0.15, 0.2) is 0 Å². The van der Waals surface area contributed by atoms with Crippen molar-refractivity contribution in [3.63, 3.8) is 0 Å². The number of amides is 1. The highest BCUT2D eigenvalue weighted by molar-refractivity contribution is 9.10. The van der Waals surface area contributed by atoms with Gasteiger partial charge in [0.1, 0.15) is 5.82 Å². The fraction of sp³-hybridized carbons (Fsp3) is 0.250. The summed E-state index contributed by atoms with van der Waals surface area (Å²) in [6, 6.07) is 3.03. The first-order valence-electron chi connectivity index (χ1n) is 3.78. The van der Waals surface area contributed by atoms with Gasteiger partial charge < -0.3 is 11.1 Å². The summed E-state index contributed by atoms with van der Waals surface area (Å²) in [6.45, 7) is 1.62. The highest BCUT2D eigenvalue weighted by atomic mass is 79.9. The highest BCUT2D eigenvalue weighted by Crippen LogP contribution is 2.17. The number of hydrogen-bond donors (Lipinski definition) is 2. The summed E-state index contributed by atoms with van der Waals surface area (Å²) in [5, 5.41) is 2.59. The molecule has 1 amide bonds. The molecule has 0 aromatic carbocycles. The van der Waals surface area contributed by atoms with Crippen LogP contribution in [0.15, 0.2) is 22.8 Å². The lowest BCUT2D eigenvalue weighted by Gasteiger charge is -2.07. The van der Waals surface area contributed by atoms with Gasteiger partial charge in [-0.1, -0.05) is 0 Å². The zero-order valence-electron chi connectivity index (χ0n) is 7.12. The van der Waals surface area contributed by atoms with Gasteiger partial charge in [-0.2, -0.15) is 0 Å².